The van der Waals surface area contributed by atoms with Crippen molar-refractivity contribution in [1.29, 1.82) is 0 Å². The lowest BCUT2D eigenvalue weighted by Crippen LogP contribution is -2.43. The first-order chi connectivity index (χ1) is 22.4. The molecule has 3 heterocycles. The van der Waals surface area contributed by atoms with Crippen molar-refractivity contribution in [2.24, 2.45) is 0 Å². The number of ether oxygens (including phenoxy) is 1. The van der Waals surface area contributed by atoms with Crippen LogP contribution in [0.3, 0.4) is 0 Å². The highest BCUT2D eigenvalue weighted by atomic mass is 16.5. The fraction of sp³-hybridized carbons (Fsp3) is 0.333. The maximum absolute atomic E-state index is 12.4. The lowest BCUT2D eigenvalue weighted by Gasteiger charge is -2.38. The maximum atomic E-state index is 12.4. The summed E-state index contributed by atoms with van der Waals surface area (Å²) >= 11 is 0. The molecule has 3 aliphatic heterocycles. The smallest absolute Gasteiger partial charge is 0.234 e. The van der Waals surface area contributed by atoms with E-state index in [0.29, 0.717) is 25.5 Å². The summed E-state index contributed by atoms with van der Waals surface area (Å²) in [7, 11) is 2.20. The molecule has 3 unspecified atom stereocenters. The lowest BCUT2D eigenvalue weighted by atomic mass is 9.76. The number of phenols is 1. The summed E-state index contributed by atoms with van der Waals surface area (Å²) in [5.74, 6) is 0.681. The molecule has 7 nitrogen and oxygen atoms in total. The summed E-state index contributed by atoms with van der Waals surface area (Å²) in [6.45, 7) is 3.38. The number of rotatable bonds is 7. The van der Waals surface area contributed by atoms with Gasteiger partial charge >= 0.3 is 0 Å². The molecule has 3 aliphatic rings. The average Bonchev–Trinajstić information content (AvgIpc) is 3.08. The van der Waals surface area contributed by atoms with Gasteiger partial charge in [-0.3, -0.25) is 19.8 Å². The molecule has 236 valence electrons. The molecule has 0 radical (unpaired) electrons. The van der Waals surface area contributed by atoms with E-state index in [4.69, 9.17) is 4.74 Å². The molecule has 4 aromatic carbocycles. The van der Waals surface area contributed by atoms with E-state index in [1.165, 1.54) is 22.4 Å². The Labute approximate surface area is 270 Å². The molecule has 46 heavy (non-hydrogen) atoms. The number of benzene rings is 4. The standard InChI is InChI=1S/C39H41N3O4/c1-41(24-26-6-5-9-29(22-26)33-16-17-37(44)40-39(33)45)30-18-20-42(21-19-30)31-12-10-28(11-13-31)38-34-15-14-32(43)23-36(34)46-25-35(38)27-7-3-2-4-8-27/h2-15,22-23,30,33,35,38,43H,16-21,24-25H2,1H3,(H,40,44,45). The van der Waals surface area contributed by atoms with Gasteiger partial charge in [0.05, 0.1) is 12.5 Å². The SMILES string of the molecule is CN(Cc1cccc(C2CCC(=O)NC2=O)c1)C1CCN(c2ccc(C3c4ccc(O)cc4OCC3c3ccccc3)cc2)CC1. The molecule has 3 atom stereocenters. The van der Waals surface area contributed by atoms with E-state index >= 15 is 0 Å². The molecule has 0 aliphatic carbocycles. The quantitative estimate of drug-likeness (QED) is 0.237. The van der Waals surface area contributed by atoms with Crippen molar-refractivity contribution in [3.63, 3.8) is 0 Å². The largest absolute Gasteiger partial charge is 0.508 e. The number of carbonyl (C=O) groups excluding carboxylic acids is 2. The number of aromatic hydroxyl groups is 1. The van der Waals surface area contributed by atoms with Crippen molar-refractivity contribution >= 4 is 17.5 Å². The second-order valence-electron chi connectivity index (χ2n) is 13.0. The second-order valence-corrected chi connectivity index (χ2v) is 13.0. The molecule has 2 N–H and O–H groups in total. The predicted molar refractivity (Wildman–Crippen MR) is 179 cm³/mol. The normalized spacial score (nSPS) is 21.9. The predicted octanol–water partition coefficient (Wildman–Crippen LogP) is 6.32. The van der Waals surface area contributed by atoms with E-state index in [0.717, 1.165) is 49.4 Å². The minimum absolute atomic E-state index is 0.133. The highest BCUT2D eigenvalue weighted by Crippen LogP contribution is 2.47. The van der Waals surface area contributed by atoms with Crippen LogP contribution in [-0.2, 0) is 16.1 Å². The summed E-state index contributed by atoms with van der Waals surface area (Å²) in [5.41, 5.74) is 7.05. The maximum Gasteiger partial charge on any atom is 0.234 e. The van der Waals surface area contributed by atoms with Crippen LogP contribution in [0.4, 0.5) is 5.69 Å². The summed E-state index contributed by atoms with van der Waals surface area (Å²) in [6, 6.07) is 33.9. The van der Waals surface area contributed by atoms with Gasteiger partial charge in [0, 0.05) is 61.2 Å². The van der Waals surface area contributed by atoms with Gasteiger partial charge in [-0.1, -0.05) is 72.8 Å². The van der Waals surface area contributed by atoms with E-state index < -0.39 is 0 Å². The van der Waals surface area contributed by atoms with Crippen LogP contribution in [0.2, 0.25) is 0 Å². The molecular weight excluding hydrogens is 574 g/mol. The topological polar surface area (TPSA) is 82.1 Å². The number of piperidine rings is 2. The van der Waals surface area contributed by atoms with E-state index in [1.54, 1.807) is 12.1 Å². The van der Waals surface area contributed by atoms with Gasteiger partial charge in [0.2, 0.25) is 11.8 Å². The van der Waals surface area contributed by atoms with E-state index in [-0.39, 0.29) is 35.3 Å². The molecule has 2 amide bonds. The Morgan fingerprint density at radius 1 is 0.848 bits per heavy atom. The van der Waals surface area contributed by atoms with Crippen LogP contribution in [0.1, 0.15) is 71.3 Å². The van der Waals surface area contributed by atoms with Crippen LogP contribution < -0.4 is 15.0 Å². The molecule has 7 rings (SSSR count). The molecule has 0 saturated carbocycles. The Morgan fingerprint density at radius 3 is 2.37 bits per heavy atom. The fourth-order valence-electron chi connectivity index (χ4n) is 7.59. The van der Waals surface area contributed by atoms with Gasteiger partial charge in [0.1, 0.15) is 11.5 Å². The molecule has 0 aromatic heterocycles. The Hall–Kier alpha value is -4.62. The van der Waals surface area contributed by atoms with Gasteiger partial charge in [-0.25, -0.2) is 0 Å². The van der Waals surface area contributed by atoms with E-state index in [9.17, 15) is 14.7 Å². The Kier molecular flexibility index (Phi) is 8.50. The first-order valence-electron chi connectivity index (χ1n) is 16.4. The van der Waals surface area contributed by atoms with Gasteiger partial charge in [-0.05, 0) is 66.8 Å². The molecule has 0 spiro atoms. The third-order valence-corrected chi connectivity index (χ3v) is 10.1. The van der Waals surface area contributed by atoms with Crippen molar-refractivity contribution in [2.75, 3.05) is 31.6 Å². The zero-order chi connectivity index (χ0) is 31.6. The first kappa shape index (κ1) is 30.1. The Morgan fingerprint density at radius 2 is 1.61 bits per heavy atom. The number of nitrogens with one attached hydrogen (secondary N) is 1. The monoisotopic (exact) mass is 615 g/mol. The molecular formula is C39H41N3O4. The zero-order valence-electron chi connectivity index (χ0n) is 26.3. The highest BCUT2D eigenvalue weighted by Gasteiger charge is 2.34. The summed E-state index contributed by atoms with van der Waals surface area (Å²) in [6.07, 6.45) is 3.13. The second kappa shape index (κ2) is 13.0. The molecule has 2 saturated heterocycles. The summed E-state index contributed by atoms with van der Waals surface area (Å²) in [4.78, 5) is 28.9. The minimum atomic E-state index is -0.253. The Balaban J connectivity index is 1.00. The van der Waals surface area contributed by atoms with Crippen LogP contribution in [0.15, 0.2) is 97.1 Å². The number of hydrogen-bond donors (Lipinski definition) is 2. The van der Waals surface area contributed by atoms with Crippen molar-refractivity contribution in [3.8, 4) is 11.5 Å². The van der Waals surface area contributed by atoms with Crippen molar-refractivity contribution in [2.45, 2.75) is 56.0 Å². The fourth-order valence-corrected chi connectivity index (χ4v) is 7.59. The number of amides is 2. The third kappa shape index (κ3) is 6.24. The third-order valence-electron chi connectivity index (χ3n) is 10.1. The number of imide groups is 1. The highest BCUT2D eigenvalue weighted by molar-refractivity contribution is 6.00. The summed E-state index contributed by atoms with van der Waals surface area (Å²) in [5, 5.41) is 12.6. The molecule has 0 bridgehead atoms. The van der Waals surface area contributed by atoms with Gasteiger partial charge in [0.25, 0.3) is 0 Å². The first-order valence-corrected chi connectivity index (χ1v) is 16.4. The number of nitrogens with zero attached hydrogens (tertiary/aromatic N) is 2. The number of fused-ring (bicyclic) bond motifs is 1. The number of anilines is 1. The zero-order valence-corrected chi connectivity index (χ0v) is 26.3. The number of hydrogen-bond acceptors (Lipinski definition) is 6. The molecule has 2 fully saturated rings. The number of carbonyl (C=O) groups is 2. The van der Waals surface area contributed by atoms with Gasteiger partial charge in [-0.2, -0.15) is 0 Å². The molecule has 7 heteroatoms. The average molecular weight is 616 g/mol. The van der Waals surface area contributed by atoms with Crippen LogP contribution in [-0.4, -0.2) is 54.6 Å². The van der Waals surface area contributed by atoms with Crippen molar-refractivity contribution < 1.29 is 19.4 Å². The lowest BCUT2D eigenvalue weighted by molar-refractivity contribution is -0.134. The van der Waals surface area contributed by atoms with Crippen molar-refractivity contribution in [3.05, 3.63) is 125 Å². The Bertz CT molecular complexity index is 1700. The van der Waals surface area contributed by atoms with Gasteiger partial charge < -0.3 is 14.7 Å². The summed E-state index contributed by atoms with van der Waals surface area (Å²) < 4.78 is 6.15. The van der Waals surface area contributed by atoms with Gasteiger partial charge in [0.15, 0.2) is 0 Å². The number of phenolic OH excluding ortho intramolecular Hbond substituents is 1. The van der Waals surface area contributed by atoms with Crippen LogP contribution in [0.5, 0.6) is 11.5 Å². The minimum Gasteiger partial charge on any atom is -0.508 e. The van der Waals surface area contributed by atoms with Crippen LogP contribution in [0.25, 0.3) is 0 Å². The van der Waals surface area contributed by atoms with Crippen molar-refractivity contribution in [1.82, 2.24) is 10.2 Å². The van der Waals surface area contributed by atoms with E-state index in [1.807, 2.05) is 24.3 Å². The van der Waals surface area contributed by atoms with Crippen LogP contribution in [0, 0.1) is 0 Å². The van der Waals surface area contributed by atoms with Crippen LogP contribution >= 0.6 is 0 Å². The van der Waals surface area contributed by atoms with E-state index in [2.05, 4.69) is 82.8 Å². The van der Waals surface area contributed by atoms with Gasteiger partial charge in [-0.15, -0.1) is 0 Å². The molecule has 4 aromatic rings.